The number of benzene rings is 2. The molecule has 4 nitrogen and oxygen atoms in total. The number of carbonyl (C=O) groups excluding carboxylic acids is 2. The Labute approximate surface area is 145 Å². The van der Waals surface area contributed by atoms with Crippen LogP contribution in [0.5, 0.6) is 0 Å². The van der Waals surface area contributed by atoms with Crippen LogP contribution in [-0.4, -0.2) is 18.4 Å². The zero-order valence-corrected chi connectivity index (χ0v) is 14.2. The molecule has 0 radical (unpaired) electrons. The van der Waals surface area contributed by atoms with Crippen molar-refractivity contribution in [3.8, 4) is 0 Å². The molecule has 2 aromatic rings. The van der Waals surface area contributed by atoms with Gasteiger partial charge in [-0.3, -0.25) is 9.59 Å². The molecule has 0 heterocycles. The minimum absolute atomic E-state index is 0.142. The highest BCUT2D eigenvalue weighted by Crippen LogP contribution is 2.29. The van der Waals surface area contributed by atoms with Gasteiger partial charge in [0.05, 0.1) is 12.6 Å². The Bertz CT molecular complexity index is 764. The van der Waals surface area contributed by atoms with Crippen molar-refractivity contribution in [3.05, 3.63) is 70.0 Å². The standard InChI is InChI=1S/C18H18ClFN2O2/c1-11-9-13(7-8-16(11)20)18(14-5-3-4-6-15(14)19)22-17(24)10-21-12(2)23/h3-9,18H,10H2,1-2H3,(H,21,23)(H,22,24)/t18-/m0/s1. The van der Waals surface area contributed by atoms with Gasteiger partial charge in [0.25, 0.3) is 0 Å². The van der Waals surface area contributed by atoms with Crippen LogP contribution in [0.3, 0.4) is 0 Å². The smallest absolute Gasteiger partial charge is 0.240 e. The van der Waals surface area contributed by atoms with E-state index in [1.54, 1.807) is 37.3 Å². The van der Waals surface area contributed by atoms with Crippen molar-refractivity contribution >= 4 is 23.4 Å². The van der Waals surface area contributed by atoms with E-state index >= 15 is 0 Å². The van der Waals surface area contributed by atoms with Crippen LogP contribution in [0.1, 0.15) is 29.7 Å². The predicted molar refractivity (Wildman–Crippen MR) is 91.3 cm³/mol. The molecule has 2 amide bonds. The molecule has 1 atom stereocenters. The van der Waals surface area contributed by atoms with Crippen LogP contribution in [0.4, 0.5) is 4.39 Å². The van der Waals surface area contributed by atoms with Gasteiger partial charge >= 0.3 is 0 Å². The van der Waals surface area contributed by atoms with Gasteiger partial charge in [-0.1, -0.05) is 41.9 Å². The maximum Gasteiger partial charge on any atom is 0.240 e. The summed E-state index contributed by atoms with van der Waals surface area (Å²) in [5.41, 5.74) is 1.88. The Morgan fingerprint density at radius 2 is 1.92 bits per heavy atom. The number of halogens is 2. The van der Waals surface area contributed by atoms with E-state index in [1.807, 2.05) is 6.07 Å². The maximum absolute atomic E-state index is 13.6. The van der Waals surface area contributed by atoms with Gasteiger partial charge in [0.1, 0.15) is 5.82 Å². The number of hydrogen-bond acceptors (Lipinski definition) is 2. The Hall–Kier alpha value is -2.40. The number of rotatable bonds is 5. The molecule has 0 bridgehead atoms. The summed E-state index contributed by atoms with van der Waals surface area (Å²) in [4.78, 5) is 23.1. The largest absolute Gasteiger partial charge is 0.347 e. The topological polar surface area (TPSA) is 58.2 Å². The molecule has 0 fully saturated rings. The Kier molecular flexibility index (Phi) is 5.93. The van der Waals surface area contributed by atoms with Crippen LogP contribution < -0.4 is 10.6 Å². The van der Waals surface area contributed by atoms with Gasteiger partial charge in [-0.05, 0) is 35.7 Å². The summed E-state index contributed by atoms with van der Waals surface area (Å²) >= 11 is 6.26. The molecule has 2 aromatic carbocycles. The van der Waals surface area contributed by atoms with Crippen LogP contribution in [0.15, 0.2) is 42.5 Å². The quantitative estimate of drug-likeness (QED) is 0.872. The van der Waals surface area contributed by atoms with Crippen molar-refractivity contribution < 1.29 is 14.0 Å². The van der Waals surface area contributed by atoms with Gasteiger partial charge in [0.2, 0.25) is 11.8 Å². The molecule has 24 heavy (non-hydrogen) atoms. The van der Waals surface area contributed by atoms with Crippen LogP contribution >= 0.6 is 11.6 Å². The summed E-state index contributed by atoms with van der Waals surface area (Å²) in [5, 5.41) is 5.77. The van der Waals surface area contributed by atoms with Crippen molar-refractivity contribution in [2.24, 2.45) is 0 Å². The Morgan fingerprint density at radius 1 is 1.21 bits per heavy atom. The molecule has 0 unspecified atom stereocenters. The molecule has 126 valence electrons. The third-order valence-electron chi connectivity index (χ3n) is 3.53. The summed E-state index contributed by atoms with van der Waals surface area (Å²) in [6, 6.07) is 11.2. The Balaban J connectivity index is 2.34. The summed E-state index contributed by atoms with van der Waals surface area (Å²) in [6.07, 6.45) is 0. The fraction of sp³-hybridized carbons (Fsp3) is 0.222. The molecule has 0 aromatic heterocycles. The minimum Gasteiger partial charge on any atom is -0.347 e. The molecule has 0 aliphatic heterocycles. The van der Waals surface area contributed by atoms with Crippen LogP contribution in [0.25, 0.3) is 0 Å². The lowest BCUT2D eigenvalue weighted by Gasteiger charge is -2.21. The highest BCUT2D eigenvalue weighted by molar-refractivity contribution is 6.31. The van der Waals surface area contributed by atoms with Gasteiger partial charge in [-0.15, -0.1) is 0 Å². The number of hydrogen-bond donors (Lipinski definition) is 2. The minimum atomic E-state index is -0.542. The zero-order chi connectivity index (χ0) is 17.7. The van der Waals surface area contributed by atoms with E-state index in [0.717, 1.165) is 0 Å². The first kappa shape index (κ1) is 17.9. The fourth-order valence-electron chi connectivity index (χ4n) is 2.31. The van der Waals surface area contributed by atoms with E-state index in [4.69, 9.17) is 11.6 Å². The number of carbonyl (C=O) groups is 2. The van der Waals surface area contributed by atoms with E-state index in [-0.39, 0.29) is 24.2 Å². The van der Waals surface area contributed by atoms with Crippen molar-refractivity contribution in [1.29, 1.82) is 0 Å². The SMILES string of the molecule is CC(=O)NCC(=O)N[C@@H](c1ccc(F)c(C)c1)c1ccccc1Cl. The molecular weight excluding hydrogens is 331 g/mol. The highest BCUT2D eigenvalue weighted by atomic mass is 35.5. The highest BCUT2D eigenvalue weighted by Gasteiger charge is 2.20. The molecular formula is C18H18ClFN2O2. The average molecular weight is 349 g/mol. The van der Waals surface area contributed by atoms with Gasteiger partial charge < -0.3 is 10.6 Å². The third-order valence-corrected chi connectivity index (χ3v) is 3.88. The summed E-state index contributed by atoms with van der Waals surface area (Å²) in [7, 11) is 0. The second-order valence-corrected chi connectivity index (χ2v) is 5.85. The first-order chi connectivity index (χ1) is 11.4. The Morgan fingerprint density at radius 3 is 2.54 bits per heavy atom. The average Bonchev–Trinajstić information content (AvgIpc) is 2.54. The number of aryl methyl sites for hydroxylation is 1. The lowest BCUT2D eigenvalue weighted by Crippen LogP contribution is -2.38. The molecule has 6 heteroatoms. The number of amides is 2. The zero-order valence-electron chi connectivity index (χ0n) is 13.4. The molecule has 0 saturated carbocycles. The lowest BCUT2D eigenvalue weighted by molar-refractivity contribution is -0.125. The third kappa shape index (κ3) is 4.55. The first-order valence-corrected chi connectivity index (χ1v) is 7.80. The van der Waals surface area contributed by atoms with E-state index in [0.29, 0.717) is 21.7 Å². The fourth-order valence-corrected chi connectivity index (χ4v) is 2.56. The second-order valence-electron chi connectivity index (χ2n) is 5.44. The van der Waals surface area contributed by atoms with Gasteiger partial charge in [-0.2, -0.15) is 0 Å². The van der Waals surface area contributed by atoms with Gasteiger partial charge in [0.15, 0.2) is 0 Å². The van der Waals surface area contributed by atoms with E-state index in [9.17, 15) is 14.0 Å². The molecule has 0 aliphatic rings. The van der Waals surface area contributed by atoms with Gasteiger partial charge in [0, 0.05) is 11.9 Å². The molecule has 0 aliphatic carbocycles. The molecule has 0 spiro atoms. The first-order valence-electron chi connectivity index (χ1n) is 7.42. The van der Waals surface area contributed by atoms with Crippen molar-refractivity contribution in [2.75, 3.05) is 6.54 Å². The van der Waals surface area contributed by atoms with E-state index in [1.165, 1.54) is 13.0 Å². The summed E-state index contributed by atoms with van der Waals surface area (Å²) in [6.45, 7) is 2.85. The van der Waals surface area contributed by atoms with Crippen LogP contribution in [0.2, 0.25) is 5.02 Å². The molecule has 0 saturated heterocycles. The van der Waals surface area contributed by atoms with Gasteiger partial charge in [-0.25, -0.2) is 4.39 Å². The molecule has 2 rings (SSSR count). The van der Waals surface area contributed by atoms with Crippen LogP contribution in [0, 0.1) is 12.7 Å². The lowest BCUT2D eigenvalue weighted by atomic mass is 9.97. The van der Waals surface area contributed by atoms with Crippen molar-refractivity contribution in [2.45, 2.75) is 19.9 Å². The van der Waals surface area contributed by atoms with Crippen LogP contribution in [-0.2, 0) is 9.59 Å². The number of nitrogens with one attached hydrogen (secondary N) is 2. The summed E-state index contributed by atoms with van der Waals surface area (Å²) in [5.74, 6) is -0.976. The van der Waals surface area contributed by atoms with E-state index < -0.39 is 6.04 Å². The summed E-state index contributed by atoms with van der Waals surface area (Å²) < 4.78 is 13.6. The maximum atomic E-state index is 13.6. The normalized spacial score (nSPS) is 11.7. The van der Waals surface area contributed by atoms with Crippen molar-refractivity contribution in [3.63, 3.8) is 0 Å². The predicted octanol–water partition coefficient (Wildman–Crippen LogP) is 3.13. The van der Waals surface area contributed by atoms with E-state index in [2.05, 4.69) is 10.6 Å². The van der Waals surface area contributed by atoms with Crippen molar-refractivity contribution in [1.82, 2.24) is 10.6 Å². The monoisotopic (exact) mass is 348 g/mol. The molecule has 2 N–H and O–H groups in total. The second kappa shape index (κ2) is 7.93.